The van der Waals surface area contributed by atoms with E-state index in [2.05, 4.69) is 36.3 Å². The predicted molar refractivity (Wildman–Crippen MR) is 71.5 cm³/mol. The highest BCUT2D eigenvalue weighted by Gasteiger charge is 2.03. The zero-order valence-electron chi connectivity index (χ0n) is 9.80. The van der Waals surface area contributed by atoms with Gasteiger partial charge in [-0.05, 0) is 15.9 Å². The molecule has 96 valence electrons. The second kappa shape index (κ2) is 5.78. The number of rotatable bonds is 5. The van der Waals surface area contributed by atoms with E-state index in [0.717, 1.165) is 5.69 Å². The van der Waals surface area contributed by atoms with E-state index in [1.165, 1.54) is 0 Å². The number of nitrogens with two attached hydrogens (primary N) is 1. The Bertz CT molecular complexity index is 509. The topological polar surface area (TPSA) is 90.9 Å². The van der Waals surface area contributed by atoms with Gasteiger partial charge in [0.1, 0.15) is 10.4 Å². The van der Waals surface area contributed by atoms with Crippen molar-refractivity contribution in [1.82, 2.24) is 19.7 Å². The first-order valence-electron chi connectivity index (χ1n) is 5.26. The minimum absolute atomic E-state index is 0.395. The molecule has 0 saturated heterocycles. The summed E-state index contributed by atoms with van der Waals surface area (Å²) in [6.45, 7) is 1.31. The number of hydrogen-bond acceptors (Lipinski definition) is 6. The van der Waals surface area contributed by atoms with E-state index in [9.17, 15) is 0 Å². The molecular formula is C10H13BrN6O. The van der Waals surface area contributed by atoms with Crippen LogP contribution < -0.4 is 11.1 Å². The van der Waals surface area contributed by atoms with Gasteiger partial charge in [0.25, 0.3) is 0 Å². The van der Waals surface area contributed by atoms with Gasteiger partial charge in [-0.1, -0.05) is 0 Å². The van der Waals surface area contributed by atoms with Crippen molar-refractivity contribution in [2.45, 2.75) is 6.54 Å². The Morgan fingerprint density at radius 3 is 3.06 bits per heavy atom. The minimum Gasteiger partial charge on any atom is -0.383 e. The van der Waals surface area contributed by atoms with Crippen molar-refractivity contribution in [1.29, 1.82) is 0 Å². The van der Waals surface area contributed by atoms with Gasteiger partial charge in [0.2, 0.25) is 5.95 Å². The predicted octanol–water partition coefficient (Wildman–Crippen LogP) is 1.41. The lowest BCUT2D eigenvalue weighted by Gasteiger charge is -2.03. The van der Waals surface area contributed by atoms with Gasteiger partial charge in [-0.3, -0.25) is 4.68 Å². The van der Waals surface area contributed by atoms with Crippen molar-refractivity contribution < 1.29 is 4.74 Å². The molecule has 0 aliphatic carbocycles. The van der Waals surface area contributed by atoms with Crippen molar-refractivity contribution in [3.05, 3.63) is 23.1 Å². The van der Waals surface area contributed by atoms with Gasteiger partial charge in [0, 0.05) is 19.4 Å². The second-order valence-electron chi connectivity index (χ2n) is 3.55. The van der Waals surface area contributed by atoms with Crippen molar-refractivity contribution in [3.8, 4) is 0 Å². The number of nitrogen functional groups attached to an aromatic ring is 1. The highest BCUT2D eigenvalue weighted by molar-refractivity contribution is 9.10. The van der Waals surface area contributed by atoms with Gasteiger partial charge in [-0.2, -0.15) is 10.1 Å². The first kappa shape index (κ1) is 12.8. The molecule has 0 atom stereocenters. The number of halogens is 1. The maximum Gasteiger partial charge on any atom is 0.230 e. The molecule has 0 aromatic carbocycles. The first-order valence-corrected chi connectivity index (χ1v) is 6.05. The molecule has 7 nitrogen and oxygen atoms in total. The molecule has 2 heterocycles. The van der Waals surface area contributed by atoms with Crippen LogP contribution in [0.5, 0.6) is 0 Å². The third kappa shape index (κ3) is 3.41. The molecule has 0 unspecified atom stereocenters. The van der Waals surface area contributed by atoms with E-state index in [4.69, 9.17) is 10.5 Å². The third-order valence-electron chi connectivity index (χ3n) is 2.13. The van der Waals surface area contributed by atoms with Crippen LogP contribution in [0.4, 0.5) is 17.5 Å². The molecule has 0 fully saturated rings. The number of nitrogens with zero attached hydrogens (tertiary/aromatic N) is 4. The fourth-order valence-electron chi connectivity index (χ4n) is 1.36. The highest BCUT2D eigenvalue weighted by atomic mass is 79.9. The summed E-state index contributed by atoms with van der Waals surface area (Å²) >= 11 is 3.26. The van der Waals surface area contributed by atoms with E-state index >= 15 is 0 Å². The van der Waals surface area contributed by atoms with Crippen LogP contribution in [0.3, 0.4) is 0 Å². The first-order chi connectivity index (χ1) is 8.67. The van der Waals surface area contributed by atoms with Crippen LogP contribution in [-0.4, -0.2) is 33.5 Å². The standard InChI is InChI=1S/C10H13BrN6O/c1-18-3-2-17-6-7(5-13-17)14-10-15-8(11)4-9(12)16-10/h4-6H,2-3H2,1H3,(H3,12,14,15,16). The Morgan fingerprint density at radius 1 is 1.50 bits per heavy atom. The number of hydrogen-bond donors (Lipinski definition) is 2. The van der Waals surface area contributed by atoms with Crippen LogP contribution in [0.2, 0.25) is 0 Å². The average Bonchev–Trinajstić information content (AvgIpc) is 2.72. The molecule has 0 amide bonds. The molecule has 0 radical (unpaired) electrons. The van der Waals surface area contributed by atoms with Crippen LogP contribution in [0, 0.1) is 0 Å². The molecule has 0 bridgehead atoms. The lowest BCUT2D eigenvalue weighted by molar-refractivity contribution is 0.183. The van der Waals surface area contributed by atoms with Gasteiger partial charge in [0.15, 0.2) is 0 Å². The van der Waals surface area contributed by atoms with Crippen LogP contribution >= 0.6 is 15.9 Å². The minimum atomic E-state index is 0.395. The number of methoxy groups -OCH3 is 1. The molecule has 8 heteroatoms. The lowest BCUT2D eigenvalue weighted by atomic mass is 10.5. The number of aromatic nitrogens is 4. The average molecular weight is 313 g/mol. The summed E-state index contributed by atoms with van der Waals surface area (Å²) in [5.41, 5.74) is 6.42. The van der Waals surface area contributed by atoms with Gasteiger partial charge in [0.05, 0.1) is 25.0 Å². The van der Waals surface area contributed by atoms with Crippen LogP contribution in [0.25, 0.3) is 0 Å². The van der Waals surface area contributed by atoms with Crippen molar-refractivity contribution in [3.63, 3.8) is 0 Å². The quantitative estimate of drug-likeness (QED) is 0.811. The molecular weight excluding hydrogens is 300 g/mol. The Labute approximate surface area is 113 Å². The Hall–Kier alpha value is -1.67. The summed E-state index contributed by atoms with van der Waals surface area (Å²) in [6, 6.07) is 1.63. The SMILES string of the molecule is COCCn1cc(Nc2nc(N)cc(Br)n2)cn1. The van der Waals surface area contributed by atoms with Crippen molar-refractivity contribution in [2.75, 3.05) is 24.8 Å². The van der Waals surface area contributed by atoms with Crippen LogP contribution in [0.15, 0.2) is 23.1 Å². The van der Waals surface area contributed by atoms with Crippen LogP contribution in [-0.2, 0) is 11.3 Å². The zero-order valence-corrected chi connectivity index (χ0v) is 11.4. The monoisotopic (exact) mass is 312 g/mol. The molecule has 3 N–H and O–H groups in total. The zero-order chi connectivity index (χ0) is 13.0. The number of ether oxygens (including phenoxy) is 1. The van der Waals surface area contributed by atoms with Gasteiger partial charge in [-0.15, -0.1) is 0 Å². The highest BCUT2D eigenvalue weighted by Crippen LogP contribution is 2.16. The molecule has 0 aliphatic heterocycles. The van der Waals surface area contributed by atoms with E-state index < -0.39 is 0 Å². The Balaban J connectivity index is 2.06. The van der Waals surface area contributed by atoms with E-state index in [1.54, 1.807) is 24.1 Å². The van der Waals surface area contributed by atoms with E-state index in [-0.39, 0.29) is 0 Å². The smallest absolute Gasteiger partial charge is 0.230 e. The van der Waals surface area contributed by atoms with Gasteiger partial charge < -0.3 is 15.8 Å². The van der Waals surface area contributed by atoms with Crippen molar-refractivity contribution in [2.24, 2.45) is 0 Å². The molecule has 2 aromatic heterocycles. The van der Waals surface area contributed by atoms with E-state index in [0.29, 0.717) is 29.5 Å². The van der Waals surface area contributed by atoms with Gasteiger partial charge >= 0.3 is 0 Å². The summed E-state index contributed by atoms with van der Waals surface area (Å²) in [6.07, 6.45) is 3.54. The van der Waals surface area contributed by atoms with Crippen LogP contribution in [0.1, 0.15) is 0 Å². The maximum atomic E-state index is 5.63. The Kier molecular flexibility index (Phi) is 4.11. The van der Waals surface area contributed by atoms with E-state index in [1.807, 2.05) is 6.20 Å². The summed E-state index contributed by atoms with van der Waals surface area (Å²) in [5.74, 6) is 0.819. The lowest BCUT2D eigenvalue weighted by Crippen LogP contribution is -2.04. The van der Waals surface area contributed by atoms with Crippen molar-refractivity contribution >= 4 is 33.4 Å². The largest absolute Gasteiger partial charge is 0.383 e. The fourth-order valence-corrected chi connectivity index (χ4v) is 1.76. The summed E-state index contributed by atoms with van der Waals surface area (Å²) in [7, 11) is 1.65. The van der Waals surface area contributed by atoms with Gasteiger partial charge in [-0.25, -0.2) is 4.98 Å². The maximum absolute atomic E-state index is 5.63. The third-order valence-corrected chi connectivity index (χ3v) is 2.53. The molecule has 18 heavy (non-hydrogen) atoms. The molecule has 0 spiro atoms. The molecule has 2 aromatic rings. The second-order valence-corrected chi connectivity index (χ2v) is 4.36. The summed E-state index contributed by atoms with van der Waals surface area (Å²) in [4.78, 5) is 8.22. The number of nitrogens with one attached hydrogen (secondary N) is 1. The molecule has 0 aliphatic rings. The summed E-state index contributed by atoms with van der Waals surface area (Å²) in [5, 5.41) is 7.20. The Morgan fingerprint density at radius 2 is 2.33 bits per heavy atom. The normalized spacial score (nSPS) is 10.6. The molecule has 0 saturated carbocycles. The number of anilines is 3. The fraction of sp³-hybridized carbons (Fsp3) is 0.300. The summed E-state index contributed by atoms with van der Waals surface area (Å²) < 4.78 is 7.38. The molecule has 2 rings (SSSR count).